The maximum Gasteiger partial charge on any atom is 0.230 e. The standard InChI is InChI=1S/C25H30N8/c1-32(18-7-4-11-26-13-18)19-8-9-23(28-14-19)30-25-29-15-21-20-10-12-27-16-22(20)33(24(21)31-25)17-5-2-3-6-17/h8-10,12,14-18,26H,2-7,11,13H2,1H3,(H,28,29,30,31). The first-order chi connectivity index (χ1) is 16.3. The van der Waals surface area contributed by atoms with Gasteiger partial charge in [0.15, 0.2) is 0 Å². The van der Waals surface area contributed by atoms with E-state index in [9.17, 15) is 0 Å². The Bertz CT molecular complexity index is 1250. The lowest BCUT2D eigenvalue weighted by Gasteiger charge is -2.33. The number of nitrogens with one attached hydrogen (secondary N) is 2. The zero-order valence-electron chi connectivity index (χ0n) is 19.0. The largest absolute Gasteiger partial charge is 0.369 e. The highest BCUT2D eigenvalue weighted by atomic mass is 15.2. The van der Waals surface area contributed by atoms with Crippen LogP contribution >= 0.6 is 0 Å². The Morgan fingerprint density at radius 3 is 2.70 bits per heavy atom. The second-order valence-corrected chi connectivity index (χ2v) is 9.27. The summed E-state index contributed by atoms with van der Waals surface area (Å²) in [5.74, 6) is 1.32. The Kier molecular flexibility index (Phi) is 5.30. The highest BCUT2D eigenvalue weighted by Gasteiger charge is 2.23. The summed E-state index contributed by atoms with van der Waals surface area (Å²) in [6, 6.07) is 7.17. The van der Waals surface area contributed by atoms with Crippen LogP contribution < -0.4 is 15.5 Å². The van der Waals surface area contributed by atoms with Crippen LogP contribution in [-0.4, -0.2) is 50.7 Å². The van der Waals surface area contributed by atoms with Gasteiger partial charge in [-0.3, -0.25) is 4.98 Å². The Labute approximate surface area is 193 Å². The van der Waals surface area contributed by atoms with Gasteiger partial charge in [0.05, 0.1) is 23.6 Å². The molecule has 4 aromatic rings. The number of piperidine rings is 1. The highest BCUT2D eigenvalue weighted by molar-refractivity contribution is 6.06. The number of fused-ring (bicyclic) bond motifs is 3. The fourth-order valence-corrected chi connectivity index (χ4v) is 5.42. The van der Waals surface area contributed by atoms with E-state index in [-0.39, 0.29) is 0 Å². The normalized spacial score (nSPS) is 19.4. The molecule has 170 valence electrons. The third kappa shape index (κ3) is 3.78. The second kappa shape index (κ2) is 8.59. The molecule has 33 heavy (non-hydrogen) atoms. The summed E-state index contributed by atoms with van der Waals surface area (Å²) in [4.78, 5) is 20.9. The predicted octanol–water partition coefficient (Wildman–Crippen LogP) is 4.42. The van der Waals surface area contributed by atoms with E-state index in [0.29, 0.717) is 18.0 Å². The van der Waals surface area contributed by atoms with Crippen molar-refractivity contribution in [2.75, 3.05) is 30.4 Å². The Morgan fingerprint density at radius 1 is 1.00 bits per heavy atom. The van der Waals surface area contributed by atoms with Gasteiger partial charge in [-0.25, -0.2) is 9.97 Å². The van der Waals surface area contributed by atoms with Gasteiger partial charge in [0.2, 0.25) is 5.95 Å². The molecule has 1 atom stereocenters. The molecule has 1 unspecified atom stereocenters. The summed E-state index contributed by atoms with van der Waals surface area (Å²) in [5.41, 5.74) is 3.25. The summed E-state index contributed by atoms with van der Waals surface area (Å²) in [5, 5.41) is 9.04. The Morgan fingerprint density at radius 2 is 1.91 bits per heavy atom. The lowest BCUT2D eigenvalue weighted by Crippen LogP contribution is -2.44. The molecule has 5 heterocycles. The summed E-state index contributed by atoms with van der Waals surface area (Å²) in [7, 11) is 2.15. The number of hydrogen-bond donors (Lipinski definition) is 2. The molecule has 0 radical (unpaired) electrons. The minimum absolute atomic E-state index is 0.471. The fourth-order valence-electron chi connectivity index (χ4n) is 5.42. The van der Waals surface area contributed by atoms with Crippen molar-refractivity contribution >= 4 is 39.4 Å². The fraction of sp³-hybridized carbons (Fsp3) is 0.440. The number of pyridine rings is 2. The van der Waals surface area contributed by atoms with Crippen LogP contribution in [0.2, 0.25) is 0 Å². The molecule has 2 fully saturated rings. The number of anilines is 3. The van der Waals surface area contributed by atoms with Crippen LogP contribution in [-0.2, 0) is 0 Å². The average Bonchev–Trinajstić information content (AvgIpc) is 3.50. The van der Waals surface area contributed by atoms with Crippen LogP contribution in [0, 0.1) is 0 Å². The predicted molar refractivity (Wildman–Crippen MR) is 132 cm³/mol. The number of nitrogens with zero attached hydrogens (tertiary/aromatic N) is 6. The molecule has 2 aliphatic rings. The Hall–Kier alpha value is -3.26. The van der Waals surface area contributed by atoms with E-state index >= 15 is 0 Å². The summed E-state index contributed by atoms with van der Waals surface area (Å²) < 4.78 is 2.38. The van der Waals surface area contributed by atoms with Crippen LogP contribution in [0.4, 0.5) is 17.5 Å². The van der Waals surface area contributed by atoms with E-state index in [1.165, 1.54) is 43.9 Å². The molecule has 4 aromatic heterocycles. The number of hydrogen-bond acceptors (Lipinski definition) is 7. The zero-order valence-corrected chi connectivity index (χ0v) is 19.0. The first kappa shape index (κ1) is 20.4. The van der Waals surface area contributed by atoms with Gasteiger partial charge in [0.25, 0.3) is 0 Å². The zero-order chi connectivity index (χ0) is 22.2. The molecule has 8 heteroatoms. The van der Waals surface area contributed by atoms with Gasteiger partial charge in [-0.1, -0.05) is 12.8 Å². The van der Waals surface area contributed by atoms with Crippen molar-refractivity contribution in [3.8, 4) is 0 Å². The van der Waals surface area contributed by atoms with Crippen molar-refractivity contribution in [2.24, 2.45) is 0 Å². The SMILES string of the molecule is CN(c1ccc(Nc2ncc3c4ccncc4n(C4CCCC4)c3n2)nc1)C1CCCNC1. The van der Waals surface area contributed by atoms with Crippen molar-refractivity contribution < 1.29 is 0 Å². The quantitative estimate of drug-likeness (QED) is 0.473. The molecule has 2 N–H and O–H groups in total. The van der Waals surface area contributed by atoms with Crippen molar-refractivity contribution in [2.45, 2.75) is 50.6 Å². The van der Waals surface area contributed by atoms with Crippen LogP contribution in [0.15, 0.2) is 43.0 Å². The maximum absolute atomic E-state index is 4.94. The van der Waals surface area contributed by atoms with E-state index in [0.717, 1.165) is 41.1 Å². The molecule has 0 aromatic carbocycles. The first-order valence-corrected chi connectivity index (χ1v) is 12.1. The summed E-state index contributed by atoms with van der Waals surface area (Å²) in [6.45, 7) is 2.14. The van der Waals surface area contributed by atoms with E-state index in [1.54, 1.807) is 0 Å². The monoisotopic (exact) mass is 442 g/mol. The molecule has 1 aliphatic carbocycles. The molecule has 6 rings (SSSR count). The molecule has 0 bridgehead atoms. The van der Waals surface area contributed by atoms with E-state index in [4.69, 9.17) is 4.98 Å². The molecule has 1 saturated carbocycles. The Balaban J connectivity index is 1.29. The summed E-state index contributed by atoms with van der Waals surface area (Å²) >= 11 is 0. The van der Waals surface area contributed by atoms with Crippen LogP contribution in [0.25, 0.3) is 21.9 Å². The van der Waals surface area contributed by atoms with Crippen molar-refractivity contribution in [1.29, 1.82) is 0 Å². The molecule has 8 nitrogen and oxygen atoms in total. The van der Waals surface area contributed by atoms with E-state index in [1.807, 2.05) is 30.9 Å². The van der Waals surface area contributed by atoms with Gasteiger partial charge < -0.3 is 20.1 Å². The molecular weight excluding hydrogens is 412 g/mol. The molecular formula is C25H30N8. The van der Waals surface area contributed by atoms with Gasteiger partial charge in [0.1, 0.15) is 11.5 Å². The maximum atomic E-state index is 4.94. The van der Waals surface area contributed by atoms with Gasteiger partial charge in [-0.2, -0.15) is 4.98 Å². The van der Waals surface area contributed by atoms with Crippen molar-refractivity contribution in [3.63, 3.8) is 0 Å². The van der Waals surface area contributed by atoms with E-state index < -0.39 is 0 Å². The van der Waals surface area contributed by atoms with Gasteiger partial charge in [-0.05, 0) is 50.4 Å². The number of rotatable bonds is 5. The third-order valence-electron chi connectivity index (χ3n) is 7.25. The highest BCUT2D eigenvalue weighted by Crippen LogP contribution is 2.37. The van der Waals surface area contributed by atoms with Crippen LogP contribution in [0.5, 0.6) is 0 Å². The number of likely N-dealkylation sites (N-methyl/N-ethyl adjacent to an activating group) is 1. The lowest BCUT2D eigenvalue weighted by molar-refractivity contribution is 0.445. The molecule has 0 spiro atoms. The minimum atomic E-state index is 0.471. The average molecular weight is 443 g/mol. The minimum Gasteiger partial charge on any atom is -0.369 e. The third-order valence-corrected chi connectivity index (χ3v) is 7.25. The molecule has 1 aliphatic heterocycles. The lowest BCUT2D eigenvalue weighted by atomic mass is 10.1. The topological polar surface area (TPSA) is 83.8 Å². The van der Waals surface area contributed by atoms with Crippen LogP contribution in [0.1, 0.15) is 44.6 Å². The summed E-state index contributed by atoms with van der Waals surface area (Å²) in [6.07, 6.45) is 15.0. The van der Waals surface area contributed by atoms with Gasteiger partial charge in [0, 0.05) is 48.8 Å². The van der Waals surface area contributed by atoms with Gasteiger partial charge in [-0.15, -0.1) is 0 Å². The van der Waals surface area contributed by atoms with Crippen LogP contribution in [0.3, 0.4) is 0 Å². The molecule has 1 saturated heterocycles. The van der Waals surface area contributed by atoms with Crippen molar-refractivity contribution in [1.82, 2.24) is 29.8 Å². The van der Waals surface area contributed by atoms with E-state index in [2.05, 4.69) is 54.2 Å². The second-order valence-electron chi connectivity index (χ2n) is 9.27. The first-order valence-electron chi connectivity index (χ1n) is 12.1. The smallest absolute Gasteiger partial charge is 0.230 e. The van der Waals surface area contributed by atoms with Gasteiger partial charge >= 0.3 is 0 Å². The van der Waals surface area contributed by atoms with Crippen molar-refractivity contribution in [3.05, 3.63) is 43.0 Å². The molecule has 0 amide bonds. The number of aromatic nitrogens is 5.